The van der Waals surface area contributed by atoms with E-state index in [0.29, 0.717) is 6.04 Å². The first kappa shape index (κ1) is 15.6. The molecule has 0 N–H and O–H groups in total. The molecule has 4 rings (SSSR count). The quantitative estimate of drug-likeness (QED) is 0.833. The molecule has 1 aromatic heterocycles. The number of nitrogens with zero attached hydrogens (tertiary/aromatic N) is 3. The summed E-state index contributed by atoms with van der Waals surface area (Å²) in [6, 6.07) is 4.23. The van der Waals surface area contributed by atoms with E-state index in [9.17, 15) is 4.79 Å². The van der Waals surface area contributed by atoms with Gasteiger partial charge in [0.1, 0.15) is 0 Å². The van der Waals surface area contributed by atoms with E-state index in [0.717, 1.165) is 44.2 Å². The predicted molar refractivity (Wildman–Crippen MR) is 91.0 cm³/mol. The summed E-state index contributed by atoms with van der Waals surface area (Å²) in [4.78, 5) is 20.5. The van der Waals surface area contributed by atoms with E-state index >= 15 is 0 Å². The molecule has 1 aromatic rings. The average molecular weight is 335 g/mol. The van der Waals surface area contributed by atoms with Crippen LogP contribution in [0.2, 0.25) is 0 Å². The number of morpholine rings is 1. The van der Waals surface area contributed by atoms with Crippen LogP contribution in [0.15, 0.2) is 17.5 Å². The van der Waals surface area contributed by atoms with Gasteiger partial charge in [-0.15, -0.1) is 11.3 Å². The molecule has 126 valence electrons. The average Bonchev–Trinajstić information content (AvgIpc) is 3.33. The van der Waals surface area contributed by atoms with Crippen LogP contribution < -0.4 is 0 Å². The first-order valence-electron chi connectivity index (χ1n) is 8.72. The smallest absolute Gasteiger partial charge is 0.264 e. The van der Waals surface area contributed by atoms with Gasteiger partial charge in [0, 0.05) is 32.7 Å². The molecule has 0 bridgehead atoms. The van der Waals surface area contributed by atoms with Gasteiger partial charge in [-0.25, -0.2) is 0 Å². The Kier molecular flexibility index (Phi) is 4.66. The van der Waals surface area contributed by atoms with Crippen LogP contribution in [0.3, 0.4) is 0 Å². The lowest BCUT2D eigenvalue weighted by molar-refractivity contribution is -0.0487. The van der Waals surface area contributed by atoms with E-state index in [-0.39, 0.29) is 12.0 Å². The molecule has 3 aliphatic heterocycles. The van der Waals surface area contributed by atoms with Crippen molar-refractivity contribution in [1.29, 1.82) is 0 Å². The predicted octanol–water partition coefficient (Wildman–Crippen LogP) is 1.37. The Bertz CT molecular complexity index is 530. The van der Waals surface area contributed by atoms with Crippen molar-refractivity contribution in [1.82, 2.24) is 14.7 Å². The standard InChI is InChI=1S/C17H25N3O2S/c21-17(16-4-3-11-23-16)20-12-14-15(13-20)22-10-9-19(14)8-7-18-5-1-2-6-18/h3-4,11,14-15H,1-2,5-10,12-13H2/t14-,15-/m0/s1. The summed E-state index contributed by atoms with van der Waals surface area (Å²) in [5.74, 6) is 0.164. The van der Waals surface area contributed by atoms with Gasteiger partial charge >= 0.3 is 0 Å². The molecule has 4 heterocycles. The highest BCUT2D eigenvalue weighted by molar-refractivity contribution is 7.12. The molecule has 0 spiro atoms. The van der Waals surface area contributed by atoms with Crippen LogP contribution in [0, 0.1) is 0 Å². The lowest BCUT2D eigenvalue weighted by atomic mass is 10.1. The van der Waals surface area contributed by atoms with Crippen LogP contribution in [0.1, 0.15) is 22.5 Å². The third-order valence-corrected chi connectivity index (χ3v) is 6.20. The van der Waals surface area contributed by atoms with E-state index < -0.39 is 0 Å². The molecule has 3 saturated heterocycles. The van der Waals surface area contributed by atoms with Gasteiger partial charge < -0.3 is 14.5 Å². The van der Waals surface area contributed by atoms with Crippen LogP contribution in [-0.2, 0) is 4.74 Å². The third kappa shape index (κ3) is 3.31. The molecule has 5 nitrogen and oxygen atoms in total. The van der Waals surface area contributed by atoms with Gasteiger partial charge in [0.25, 0.3) is 5.91 Å². The van der Waals surface area contributed by atoms with Crippen LogP contribution in [0.5, 0.6) is 0 Å². The maximum atomic E-state index is 12.6. The van der Waals surface area contributed by atoms with Crippen molar-refractivity contribution < 1.29 is 9.53 Å². The summed E-state index contributed by atoms with van der Waals surface area (Å²) < 4.78 is 5.96. The fraction of sp³-hybridized carbons (Fsp3) is 0.706. The molecule has 3 fully saturated rings. The fourth-order valence-corrected chi connectivity index (χ4v) is 4.72. The highest BCUT2D eigenvalue weighted by Crippen LogP contribution is 2.25. The summed E-state index contributed by atoms with van der Waals surface area (Å²) in [5.41, 5.74) is 0. The van der Waals surface area contributed by atoms with E-state index in [4.69, 9.17) is 4.74 Å². The fourth-order valence-electron chi connectivity index (χ4n) is 4.03. The zero-order valence-corrected chi connectivity index (χ0v) is 14.3. The van der Waals surface area contributed by atoms with Gasteiger partial charge in [0.05, 0.1) is 23.6 Å². The van der Waals surface area contributed by atoms with Gasteiger partial charge in [-0.05, 0) is 37.4 Å². The van der Waals surface area contributed by atoms with Crippen LogP contribution in [0.4, 0.5) is 0 Å². The Labute approximate surface area is 141 Å². The van der Waals surface area contributed by atoms with Crippen molar-refractivity contribution in [3.05, 3.63) is 22.4 Å². The second kappa shape index (κ2) is 6.89. The zero-order valence-electron chi connectivity index (χ0n) is 13.5. The molecule has 2 atom stereocenters. The highest BCUT2D eigenvalue weighted by atomic mass is 32.1. The normalized spacial score (nSPS) is 29.1. The number of carbonyl (C=O) groups excluding carboxylic acids is 1. The first-order chi connectivity index (χ1) is 11.3. The van der Waals surface area contributed by atoms with E-state index in [1.807, 2.05) is 22.4 Å². The van der Waals surface area contributed by atoms with Crippen LogP contribution >= 0.6 is 11.3 Å². The first-order valence-corrected chi connectivity index (χ1v) is 9.60. The topological polar surface area (TPSA) is 36.0 Å². The molecule has 23 heavy (non-hydrogen) atoms. The molecule has 1 amide bonds. The maximum absolute atomic E-state index is 12.6. The Morgan fingerprint density at radius 2 is 2.09 bits per heavy atom. The molecule has 3 aliphatic rings. The van der Waals surface area contributed by atoms with Crippen molar-refractivity contribution >= 4 is 17.2 Å². The maximum Gasteiger partial charge on any atom is 0.264 e. The zero-order chi connectivity index (χ0) is 15.6. The molecule has 6 heteroatoms. The lowest BCUT2D eigenvalue weighted by Crippen LogP contribution is -2.52. The summed E-state index contributed by atoms with van der Waals surface area (Å²) in [6.07, 6.45) is 2.88. The number of amides is 1. The van der Waals surface area contributed by atoms with Crippen molar-refractivity contribution in [2.45, 2.75) is 25.0 Å². The summed E-state index contributed by atoms with van der Waals surface area (Å²) in [5, 5.41) is 1.97. The number of ether oxygens (including phenoxy) is 1. The molecule has 0 aromatic carbocycles. The second-order valence-electron chi connectivity index (χ2n) is 6.75. The Hall–Kier alpha value is -0.950. The molecule has 0 radical (unpaired) electrons. The number of hydrogen-bond acceptors (Lipinski definition) is 5. The van der Waals surface area contributed by atoms with Gasteiger partial charge in [-0.3, -0.25) is 9.69 Å². The van der Waals surface area contributed by atoms with E-state index in [1.54, 1.807) is 0 Å². The van der Waals surface area contributed by atoms with Gasteiger partial charge in [-0.2, -0.15) is 0 Å². The van der Waals surface area contributed by atoms with E-state index in [1.165, 1.54) is 37.3 Å². The SMILES string of the molecule is O=C(c1cccs1)N1C[C@@H]2OCCN(CCN3CCCC3)[C@H]2C1. The number of carbonyl (C=O) groups is 1. The van der Waals surface area contributed by atoms with Crippen molar-refractivity contribution in [3.63, 3.8) is 0 Å². The van der Waals surface area contributed by atoms with Crippen molar-refractivity contribution in [2.24, 2.45) is 0 Å². The summed E-state index contributed by atoms with van der Waals surface area (Å²) in [6.45, 7) is 8.09. The van der Waals surface area contributed by atoms with Gasteiger partial charge in [0.15, 0.2) is 0 Å². The van der Waals surface area contributed by atoms with Crippen LogP contribution in [-0.4, -0.2) is 85.2 Å². The third-order valence-electron chi connectivity index (χ3n) is 5.34. The summed E-state index contributed by atoms with van der Waals surface area (Å²) >= 11 is 1.53. The molecular weight excluding hydrogens is 310 g/mol. The minimum Gasteiger partial charge on any atom is -0.373 e. The van der Waals surface area contributed by atoms with Gasteiger partial charge in [0.2, 0.25) is 0 Å². The number of hydrogen-bond donors (Lipinski definition) is 0. The minimum absolute atomic E-state index is 0.164. The number of rotatable bonds is 4. The molecule has 0 aliphatic carbocycles. The largest absolute Gasteiger partial charge is 0.373 e. The lowest BCUT2D eigenvalue weighted by Gasteiger charge is -2.37. The molecule has 0 unspecified atom stereocenters. The number of thiophene rings is 1. The number of fused-ring (bicyclic) bond motifs is 1. The second-order valence-corrected chi connectivity index (χ2v) is 7.70. The van der Waals surface area contributed by atoms with Gasteiger partial charge in [-0.1, -0.05) is 6.07 Å². The number of likely N-dealkylation sites (tertiary alicyclic amines) is 2. The molecular formula is C17H25N3O2S. The molecule has 0 saturated carbocycles. The van der Waals surface area contributed by atoms with Crippen molar-refractivity contribution in [2.75, 3.05) is 52.4 Å². The van der Waals surface area contributed by atoms with E-state index in [2.05, 4.69) is 9.80 Å². The Morgan fingerprint density at radius 3 is 2.87 bits per heavy atom. The minimum atomic E-state index is 0.164. The monoisotopic (exact) mass is 335 g/mol. The van der Waals surface area contributed by atoms with Crippen molar-refractivity contribution in [3.8, 4) is 0 Å². The Balaban J connectivity index is 1.37. The Morgan fingerprint density at radius 1 is 1.22 bits per heavy atom. The highest BCUT2D eigenvalue weighted by Gasteiger charge is 2.42. The summed E-state index contributed by atoms with van der Waals surface area (Å²) in [7, 11) is 0. The van der Waals surface area contributed by atoms with Crippen LogP contribution in [0.25, 0.3) is 0 Å².